The number of nitrogens with one attached hydrogen (secondary N) is 3. The summed E-state index contributed by atoms with van der Waals surface area (Å²) in [5.41, 5.74) is 0. The SMILES string of the molecule is CC(C)CSC[C@H](NC(=O)CCC(=O)O)C(=O)NCCS(=O)(=O)CCNC(=O)CC(C)C. The largest absolute Gasteiger partial charge is 0.481 e. The Kier molecular flexibility index (Phi) is 15.0. The van der Waals surface area contributed by atoms with E-state index in [1.807, 2.05) is 27.7 Å². The normalized spacial score (nSPS) is 12.4. The third-order valence-corrected chi connectivity index (χ3v) is 7.12. The highest BCUT2D eigenvalue weighted by atomic mass is 32.2. The van der Waals surface area contributed by atoms with Crippen molar-refractivity contribution >= 4 is 45.3 Å². The third-order valence-electron chi connectivity index (χ3n) is 3.99. The number of carboxylic acids is 1. The molecule has 1 atom stereocenters. The number of carbonyl (C=O) groups is 4. The number of carboxylic acid groups (broad SMARTS) is 1. The molecule has 0 fully saturated rings. The van der Waals surface area contributed by atoms with Crippen molar-refractivity contribution in [2.24, 2.45) is 11.8 Å². The van der Waals surface area contributed by atoms with Crippen molar-refractivity contribution < 1.29 is 32.7 Å². The minimum absolute atomic E-state index is 0.00986. The second-order valence-corrected chi connectivity index (χ2v) is 11.7. The lowest BCUT2D eigenvalue weighted by Gasteiger charge is -2.19. The lowest BCUT2D eigenvalue weighted by Crippen LogP contribution is -2.49. The zero-order valence-corrected chi connectivity index (χ0v) is 20.9. The van der Waals surface area contributed by atoms with Crippen LogP contribution in [0.2, 0.25) is 0 Å². The van der Waals surface area contributed by atoms with Gasteiger partial charge in [0.2, 0.25) is 17.7 Å². The van der Waals surface area contributed by atoms with Crippen LogP contribution < -0.4 is 16.0 Å². The van der Waals surface area contributed by atoms with E-state index in [4.69, 9.17) is 5.11 Å². The molecule has 0 spiro atoms. The molecule has 10 nitrogen and oxygen atoms in total. The lowest BCUT2D eigenvalue weighted by atomic mass is 10.1. The number of thioether (sulfide) groups is 1. The van der Waals surface area contributed by atoms with Crippen molar-refractivity contribution in [3.05, 3.63) is 0 Å². The summed E-state index contributed by atoms with van der Waals surface area (Å²) in [6.45, 7) is 7.70. The first-order valence-electron chi connectivity index (χ1n) is 10.7. The van der Waals surface area contributed by atoms with Crippen molar-refractivity contribution in [3.63, 3.8) is 0 Å². The summed E-state index contributed by atoms with van der Waals surface area (Å²) >= 11 is 1.47. The average Bonchev–Trinajstić information content (AvgIpc) is 2.64. The smallest absolute Gasteiger partial charge is 0.303 e. The lowest BCUT2D eigenvalue weighted by molar-refractivity contribution is -0.139. The van der Waals surface area contributed by atoms with E-state index in [2.05, 4.69) is 16.0 Å². The van der Waals surface area contributed by atoms with Gasteiger partial charge in [-0.05, 0) is 17.6 Å². The Balaban J connectivity index is 4.59. The molecule has 0 rings (SSSR count). The van der Waals surface area contributed by atoms with Gasteiger partial charge in [-0.25, -0.2) is 8.42 Å². The number of rotatable bonds is 17. The molecule has 12 heteroatoms. The van der Waals surface area contributed by atoms with Crippen LogP contribution in [0.5, 0.6) is 0 Å². The van der Waals surface area contributed by atoms with Crippen LogP contribution in [0.15, 0.2) is 0 Å². The van der Waals surface area contributed by atoms with Crippen LogP contribution in [0.4, 0.5) is 0 Å². The summed E-state index contributed by atoms with van der Waals surface area (Å²) in [6.07, 6.45) is -0.263. The number of hydrogen-bond donors (Lipinski definition) is 4. The molecule has 0 aliphatic heterocycles. The Labute approximate surface area is 195 Å². The van der Waals surface area contributed by atoms with Gasteiger partial charge in [-0.1, -0.05) is 27.7 Å². The molecule has 0 radical (unpaired) electrons. The van der Waals surface area contributed by atoms with E-state index in [0.29, 0.717) is 12.3 Å². The van der Waals surface area contributed by atoms with Gasteiger partial charge in [0.05, 0.1) is 17.9 Å². The van der Waals surface area contributed by atoms with Crippen LogP contribution in [0.3, 0.4) is 0 Å². The minimum Gasteiger partial charge on any atom is -0.481 e. The van der Waals surface area contributed by atoms with Gasteiger partial charge in [-0.15, -0.1) is 0 Å². The van der Waals surface area contributed by atoms with E-state index in [-0.39, 0.29) is 55.0 Å². The van der Waals surface area contributed by atoms with Crippen molar-refractivity contribution in [2.45, 2.75) is 53.0 Å². The van der Waals surface area contributed by atoms with E-state index in [0.717, 1.165) is 5.75 Å². The summed E-state index contributed by atoms with van der Waals surface area (Å²) in [5.74, 6) is -1.29. The van der Waals surface area contributed by atoms with E-state index in [1.54, 1.807) is 0 Å². The quantitative estimate of drug-likeness (QED) is 0.226. The van der Waals surface area contributed by atoms with Gasteiger partial charge in [0.25, 0.3) is 0 Å². The maximum absolute atomic E-state index is 12.5. The Morgan fingerprint density at radius 3 is 1.97 bits per heavy atom. The van der Waals surface area contributed by atoms with Crippen molar-refractivity contribution in [1.29, 1.82) is 0 Å². The number of hydrogen-bond acceptors (Lipinski definition) is 7. The predicted molar refractivity (Wildman–Crippen MR) is 125 cm³/mol. The van der Waals surface area contributed by atoms with E-state index < -0.39 is 33.7 Å². The highest BCUT2D eigenvalue weighted by Crippen LogP contribution is 2.09. The summed E-state index contributed by atoms with van der Waals surface area (Å²) in [7, 11) is -3.48. The van der Waals surface area contributed by atoms with Crippen molar-refractivity contribution in [2.75, 3.05) is 36.1 Å². The molecule has 3 amide bonds. The molecule has 0 aromatic carbocycles. The summed E-state index contributed by atoms with van der Waals surface area (Å²) < 4.78 is 24.3. The molecule has 0 unspecified atom stereocenters. The molecule has 0 aromatic rings. The van der Waals surface area contributed by atoms with Gasteiger partial charge in [-0.3, -0.25) is 19.2 Å². The maximum Gasteiger partial charge on any atom is 0.303 e. The Morgan fingerprint density at radius 1 is 0.844 bits per heavy atom. The van der Waals surface area contributed by atoms with Crippen LogP contribution in [-0.2, 0) is 29.0 Å². The molecular weight excluding hydrogens is 458 g/mol. The first kappa shape index (κ1) is 30.2. The second kappa shape index (κ2) is 15.9. The first-order valence-corrected chi connectivity index (χ1v) is 13.6. The Morgan fingerprint density at radius 2 is 1.44 bits per heavy atom. The van der Waals surface area contributed by atoms with Gasteiger partial charge in [0.1, 0.15) is 6.04 Å². The fourth-order valence-corrected chi connectivity index (χ4v) is 4.54. The molecule has 0 saturated carbocycles. The molecule has 0 aromatic heterocycles. The summed E-state index contributed by atoms with van der Waals surface area (Å²) in [4.78, 5) is 46.6. The zero-order valence-electron chi connectivity index (χ0n) is 19.3. The standard InChI is InChI=1S/C20H37N3O7S2/c1-14(2)11-18(25)21-7-9-32(29,30)10-8-22-20(28)16(13-31-12-15(3)4)23-17(24)5-6-19(26)27/h14-16H,5-13H2,1-4H3,(H,21,25)(H,22,28)(H,23,24)(H,26,27)/t16-/m0/s1. The van der Waals surface area contributed by atoms with Crippen LogP contribution in [0, 0.1) is 11.8 Å². The first-order chi connectivity index (χ1) is 14.8. The minimum atomic E-state index is -3.48. The number of sulfone groups is 1. The highest BCUT2D eigenvalue weighted by Gasteiger charge is 2.22. The molecule has 0 aliphatic rings. The molecular formula is C20H37N3O7S2. The number of aliphatic carboxylic acids is 1. The number of amides is 3. The van der Waals surface area contributed by atoms with E-state index in [9.17, 15) is 27.6 Å². The average molecular weight is 496 g/mol. The predicted octanol–water partition coefficient (Wildman–Crippen LogP) is 0.419. The monoisotopic (exact) mass is 495 g/mol. The van der Waals surface area contributed by atoms with Crippen LogP contribution in [0.25, 0.3) is 0 Å². The number of carbonyl (C=O) groups excluding carboxylic acids is 3. The van der Waals surface area contributed by atoms with Crippen molar-refractivity contribution in [3.8, 4) is 0 Å². The maximum atomic E-state index is 12.5. The van der Waals surface area contributed by atoms with Crippen LogP contribution >= 0.6 is 11.8 Å². The zero-order chi connectivity index (χ0) is 24.7. The van der Waals surface area contributed by atoms with Crippen LogP contribution in [0.1, 0.15) is 47.0 Å². The van der Waals surface area contributed by atoms with Gasteiger partial charge >= 0.3 is 5.97 Å². The topological polar surface area (TPSA) is 159 Å². The van der Waals surface area contributed by atoms with Crippen molar-refractivity contribution in [1.82, 2.24) is 16.0 Å². The van der Waals surface area contributed by atoms with Crippen LogP contribution in [-0.4, -0.2) is 79.4 Å². The second-order valence-electron chi connectivity index (χ2n) is 8.34. The molecule has 0 bridgehead atoms. The van der Waals surface area contributed by atoms with E-state index >= 15 is 0 Å². The van der Waals surface area contributed by atoms with E-state index in [1.165, 1.54) is 11.8 Å². The Hall–Kier alpha value is -1.82. The van der Waals surface area contributed by atoms with Gasteiger partial charge in [0, 0.05) is 31.7 Å². The fraction of sp³-hybridized carbons (Fsp3) is 0.800. The third kappa shape index (κ3) is 16.8. The molecule has 0 heterocycles. The highest BCUT2D eigenvalue weighted by molar-refractivity contribution is 7.99. The van der Waals surface area contributed by atoms with Gasteiger partial charge in [-0.2, -0.15) is 11.8 Å². The molecule has 32 heavy (non-hydrogen) atoms. The molecule has 4 N–H and O–H groups in total. The van der Waals surface area contributed by atoms with Gasteiger partial charge < -0.3 is 21.1 Å². The molecule has 0 saturated heterocycles. The fourth-order valence-electron chi connectivity index (χ4n) is 2.44. The van der Waals surface area contributed by atoms with Gasteiger partial charge in [0.15, 0.2) is 9.84 Å². The molecule has 186 valence electrons. The summed E-state index contributed by atoms with van der Waals surface area (Å²) in [6, 6.07) is -0.891. The Bertz CT molecular complexity index is 725. The summed E-state index contributed by atoms with van der Waals surface area (Å²) in [5, 5.41) is 16.3. The molecule has 0 aliphatic carbocycles.